The maximum atomic E-state index is 12.7. The van der Waals surface area contributed by atoms with Crippen molar-refractivity contribution in [2.75, 3.05) is 0 Å². The fourth-order valence-corrected chi connectivity index (χ4v) is 0.850. The maximum Gasteiger partial charge on any atom is 0.305 e. The van der Waals surface area contributed by atoms with Gasteiger partial charge in [-0.1, -0.05) is 6.07 Å². The van der Waals surface area contributed by atoms with Crippen molar-refractivity contribution < 1.29 is 9.31 Å². The van der Waals surface area contributed by atoms with E-state index in [2.05, 4.69) is 12.6 Å². The Morgan fingerprint density at radius 3 is 2.64 bits per heavy atom. The smallest absolute Gasteiger partial charge is 0.258 e. The minimum Gasteiger partial charge on any atom is -0.258 e. The van der Waals surface area contributed by atoms with E-state index in [1.165, 1.54) is 12.1 Å². The van der Waals surface area contributed by atoms with Crippen LogP contribution in [-0.2, 0) is 0 Å². The molecule has 0 aliphatic rings. The average Bonchev–Trinajstić information content (AvgIpc) is 1.94. The summed E-state index contributed by atoms with van der Waals surface area (Å²) >= 11 is 3.68. The first-order valence-electron chi connectivity index (χ1n) is 2.75. The molecule has 0 radical (unpaired) electrons. The van der Waals surface area contributed by atoms with E-state index in [9.17, 15) is 14.5 Å². The molecule has 0 heterocycles. The Morgan fingerprint density at radius 1 is 1.55 bits per heavy atom. The predicted octanol–water partition coefficient (Wildman–Crippen LogP) is 2.02. The van der Waals surface area contributed by atoms with Gasteiger partial charge in [-0.2, -0.15) is 4.39 Å². The van der Waals surface area contributed by atoms with Crippen LogP contribution in [0, 0.1) is 15.9 Å². The highest BCUT2D eigenvalue weighted by Crippen LogP contribution is 2.21. The van der Waals surface area contributed by atoms with Gasteiger partial charge in [0.2, 0.25) is 5.82 Å². The van der Waals surface area contributed by atoms with E-state index in [1.807, 2.05) is 0 Å². The summed E-state index contributed by atoms with van der Waals surface area (Å²) in [7, 11) is 0. The lowest BCUT2D eigenvalue weighted by atomic mass is 10.3. The van der Waals surface area contributed by atoms with Crippen LogP contribution in [0.1, 0.15) is 0 Å². The summed E-state index contributed by atoms with van der Waals surface area (Å²) in [6.07, 6.45) is 0. The van der Waals surface area contributed by atoms with E-state index in [0.29, 0.717) is 0 Å². The summed E-state index contributed by atoms with van der Waals surface area (Å²) in [6.45, 7) is 0. The number of halogens is 1. The van der Waals surface area contributed by atoms with Gasteiger partial charge in [0.25, 0.3) is 0 Å². The number of rotatable bonds is 1. The minimum atomic E-state index is -0.888. The van der Waals surface area contributed by atoms with Crippen molar-refractivity contribution in [2.45, 2.75) is 4.90 Å². The minimum absolute atomic E-state index is 0.0146. The number of nitro benzene ring substituents is 1. The molecule has 11 heavy (non-hydrogen) atoms. The Morgan fingerprint density at radius 2 is 2.18 bits per heavy atom. The summed E-state index contributed by atoms with van der Waals surface area (Å²) in [4.78, 5) is 9.31. The SMILES string of the molecule is O=[N+]([O-])c1cccc(S)c1F. The third-order valence-electron chi connectivity index (χ3n) is 1.15. The molecule has 0 unspecified atom stereocenters. The summed E-state index contributed by atoms with van der Waals surface area (Å²) in [5.74, 6) is -0.888. The first kappa shape index (κ1) is 8.00. The first-order chi connectivity index (χ1) is 5.13. The average molecular weight is 173 g/mol. The third kappa shape index (κ3) is 1.48. The number of hydrogen-bond acceptors (Lipinski definition) is 3. The number of nitrogens with zero attached hydrogens (tertiary/aromatic N) is 1. The van der Waals surface area contributed by atoms with E-state index >= 15 is 0 Å². The normalized spacial score (nSPS) is 9.64. The highest BCUT2D eigenvalue weighted by molar-refractivity contribution is 7.80. The predicted molar refractivity (Wildman–Crippen MR) is 40.3 cm³/mol. The molecule has 3 nitrogen and oxygen atoms in total. The number of nitro groups is 1. The van der Waals surface area contributed by atoms with Gasteiger partial charge < -0.3 is 0 Å². The van der Waals surface area contributed by atoms with Gasteiger partial charge in [0.15, 0.2) is 0 Å². The van der Waals surface area contributed by atoms with Crippen molar-refractivity contribution in [3.63, 3.8) is 0 Å². The van der Waals surface area contributed by atoms with Crippen LogP contribution >= 0.6 is 12.6 Å². The second-order valence-electron chi connectivity index (χ2n) is 1.87. The standard InChI is InChI=1S/C6H4FNO2S/c7-6-4(8(9)10)2-1-3-5(6)11/h1-3,11H. The van der Waals surface area contributed by atoms with E-state index in [4.69, 9.17) is 0 Å². The Kier molecular flexibility index (Phi) is 2.09. The van der Waals surface area contributed by atoms with Gasteiger partial charge in [-0.25, -0.2) is 0 Å². The molecule has 0 amide bonds. The van der Waals surface area contributed by atoms with Gasteiger partial charge >= 0.3 is 5.69 Å². The van der Waals surface area contributed by atoms with Gasteiger partial charge in [0.05, 0.1) is 4.92 Å². The molecular weight excluding hydrogens is 169 g/mol. The van der Waals surface area contributed by atoms with Crippen LogP contribution in [0.3, 0.4) is 0 Å². The molecule has 0 saturated carbocycles. The Balaban J connectivity index is 3.27. The van der Waals surface area contributed by atoms with Crippen molar-refractivity contribution in [1.82, 2.24) is 0 Å². The summed E-state index contributed by atoms with van der Waals surface area (Å²) in [6, 6.07) is 3.82. The summed E-state index contributed by atoms with van der Waals surface area (Å²) in [5.41, 5.74) is -0.544. The zero-order valence-corrected chi connectivity index (χ0v) is 6.22. The van der Waals surface area contributed by atoms with E-state index in [0.717, 1.165) is 6.07 Å². The molecule has 0 fully saturated rings. The van der Waals surface area contributed by atoms with E-state index in [1.54, 1.807) is 0 Å². The molecule has 0 aliphatic carbocycles. The molecule has 0 atom stereocenters. The monoisotopic (exact) mass is 173 g/mol. The molecule has 0 bridgehead atoms. The van der Waals surface area contributed by atoms with Crippen LogP contribution in [0.15, 0.2) is 23.1 Å². The van der Waals surface area contributed by atoms with Crippen LogP contribution in [-0.4, -0.2) is 4.92 Å². The van der Waals surface area contributed by atoms with Crippen molar-refractivity contribution in [3.05, 3.63) is 34.1 Å². The van der Waals surface area contributed by atoms with Gasteiger partial charge in [0, 0.05) is 11.0 Å². The lowest BCUT2D eigenvalue weighted by Crippen LogP contribution is -1.92. The second kappa shape index (κ2) is 2.87. The highest BCUT2D eigenvalue weighted by Gasteiger charge is 2.14. The van der Waals surface area contributed by atoms with Crippen LogP contribution in [0.2, 0.25) is 0 Å². The number of hydrogen-bond donors (Lipinski definition) is 1. The number of benzene rings is 1. The molecule has 1 aromatic carbocycles. The quantitative estimate of drug-likeness (QED) is 0.401. The largest absolute Gasteiger partial charge is 0.305 e. The molecule has 0 aromatic heterocycles. The molecular formula is C6H4FNO2S. The highest BCUT2D eigenvalue weighted by atomic mass is 32.1. The van der Waals surface area contributed by atoms with Crippen LogP contribution in [0.25, 0.3) is 0 Å². The molecule has 1 aromatic rings. The summed E-state index contributed by atoms with van der Waals surface area (Å²) < 4.78 is 12.7. The van der Waals surface area contributed by atoms with Crippen LogP contribution in [0.5, 0.6) is 0 Å². The molecule has 0 spiro atoms. The van der Waals surface area contributed by atoms with Gasteiger partial charge in [0.1, 0.15) is 0 Å². The Labute approximate surface area is 67.4 Å². The Hall–Kier alpha value is -1.10. The molecule has 58 valence electrons. The molecule has 0 N–H and O–H groups in total. The molecule has 0 saturated heterocycles. The van der Waals surface area contributed by atoms with E-state index in [-0.39, 0.29) is 4.90 Å². The molecule has 0 aliphatic heterocycles. The summed E-state index contributed by atoms with van der Waals surface area (Å²) in [5, 5.41) is 10.1. The third-order valence-corrected chi connectivity index (χ3v) is 1.50. The lowest BCUT2D eigenvalue weighted by Gasteiger charge is -1.94. The zero-order valence-electron chi connectivity index (χ0n) is 5.32. The lowest BCUT2D eigenvalue weighted by molar-refractivity contribution is -0.387. The fraction of sp³-hybridized carbons (Fsp3) is 0. The van der Waals surface area contributed by atoms with Crippen LogP contribution < -0.4 is 0 Å². The van der Waals surface area contributed by atoms with Crippen molar-refractivity contribution in [2.24, 2.45) is 0 Å². The van der Waals surface area contributed by atoms with Gasteiger partial charge in [-0.05, 0) is 6.07 Å². The molecule has 5 heteroatoms. The first-order valence-corrected chi connectivity index (χ1v) is 3.19. The fourth-order valence-electron chi connectivity index (χ4n) is 0.649. The van der Waals surface area contributed by atoms with Gasteiger partial charge in [-0.3, -0.25) is 10.1 Å². The van der Waals surface area contributed by atoms with Gasteiger partial charge in [-0.15, -0.1) is 12.6 Å². The zero-order chi connectivity index (χ0) is 8.43. The van der Waals surface area contributed by atoms with Crippen molar-refractivity contribution in [1.29, 1.82) is 0 Å². The van der Waals surface area contributed by atoms with Crippen molar-refractivity contribution in [3.8, 4) is 0 Å². The topological polar surface area (TPSA) is 43.1 Å². The van der Waals surface area contributed by atoms with E-state index < -0.39 is 16.4 Å². The number of thiol groups is 1. The van der Waals surface area contributed by atoms with Crippen molar-refractivity contribution >= 4 is 18.3 Å². The second-order valence-corrected chi connectivity index (χ2v) is 2.35. The Bertz CT molecular complexity index is 303. The maximum absolute atomic E-state index is 12.7. The molecule has 1 rings (SSSR count). The van der Waals surface area contributed by atoms with Crippen LogP contribution in [0.4, 0.5) is 10.1 Å².